The predicted molar refractivity (Wildman–Crippen MR) is 127 cm³/mol. The van der Waals surface area contributed by atoms with Gasteiger partial charge in [0, 0.05) is 0 Å². The maximum atomic E-state index is 12.8. The zero-order valence-corrected chi connectivity index (χ0v) is 19.5. The van der Waals surface area contributed by atoms with Gasteiger partial charge in [-0.3, -0.25) is 0 Å². The Kier molecular flexibility index (Phi) is 10.9. The fraction of sp³-hybridized carbons (Fsp3) is 0.500. The molecule has 1 atom stereocenters. The van der Waals surface area contributed by atoms with Gasteiger partial charge in [-0.15, -0.1) is 0 Å². The van der Waals surface area contributed by atoms with Crippen molar-refractivity contribution in [3.63, 3.8) is 0 Å². The number of rotatable bonds is 13. The van der Waals surface area contributed by atoms with Crippen LogP contribution in [-0.4, -0.2) is 5.97 Å². The van der Waals surface area contributed by atoms with E-state index in [4.69, 9.17) is 4.74 Å². The Bertz CT molecular complexity index is 848. The molecule has 0 N–H and O–H groups in total. The van der Waals surface area contributed by atoms with Gasteiger partial charge in [0.25, 0.3) is 0 Å². The summed E-state index contributed by atoms with van der Waals surface area (Å²) >= 11 is 0. The third-order valence-electron chi connectivity index (χ3n) is 5.78. The average molecular weight is 420 g/mol. The van der Waals surface area contributed by atoms with E-state index in [1.54, 1.807) is 6.07 Å². The van der Waals surface area contributed by atoms with Crippen LogP contribution in [-0.2, 0) is 17.6 Å². The lowest BCUT2D eigenvalue weighted by molar-refractivity contribution is 0.0287. The van der Waals surface area contributed by atoms with Crippen molar-refractivity contribution in [2.75, 3.05) is 0 Å². The first-order chi connectivity index (χ1) is 15.1. The van der Waals surface area contributed by atoms with E-state index in [-0.39, 0.29) is 6.10 Å². The molecule has 0 fully saturated rings. The van der Waals surface area contributed by atoms with Crippen molar-refractivity contribution in [1.29, 1.82) is 5.26 Å². The molecule has 2 aromatic rings. The Balaban J connectivity index is 2.03. The molecule has 2 aromatic carbocycles. The van der Waals surface area contributed by atoms with Crippen LogP contribution in [0.1, 0.15) is 111 Å². The predicted octanol–water partition coefficient (Wildman–Crippen LogP) is 7.72. The van der Waals surface area contributed by atoms with Crippen LogP contribution in [0, 0.1) is 11.3 Å². The fourth-order valence-electron chi connectivity index (χ4n) is 3.83. The van der Waals surface area contributed by atoms with Gasteiger partial charge in [-0.1, -0.05) is 83.2 Å². The number of esters is 1. The Morgan fingerprint density at radius 3 is 2.13 bits per heavy atom. The molecule has 0 saturated carbocycles. The number of aryl methyl sites for hydroxylation is 2. The minimum absolute atomic E-state index is 0.308. The van der Waals surface area contributed by atoms with Crippen molar-refractivity contribution >= 4 is 5.97 Å². The number of ether oxygens (including phenoxy) is 1. The van der Waals surface area contributed by atoms with Crippen LogP contribution in [0.4, 0.5) is 0 Å². The second-order valence-electron chi connectivity index (χ2n) is 8.30. The summed E-state index contributed by atoms with van der Waals surface area (Å²) < 4.78 is 5.82. The molecule has 0 bridgehead atoms. The van der Waals surface area contributed by atoms with Gasteiger partial charge in [-0.25, -0.2) is 4.79 Å². The SMILES string of the molecule is CCCCCCc1ccc(C(=O)OC(CC)c2ccc(CCCCC)cc2)c(C#N)c1. The van der Waals surface area contributed by atoms with Crippen molar-refractivity contribution in [2.24, 2.45) is 0 Å². The van der Waals surface area contributed by atoms with Crippen LogP contribution < -0.4 is 0 Å². The van der Waals surface area contributed by atoms with Crippen LogP contribution in [0.25, 0.3) is 0 Å². The summed E-state index contributed by atoms with van der Waals surface area (Å²) in [5, 5.41) is 9.57. The summed E-state index contributed by atoms with van der Waals surface area (Å²) in [4.78, 5) is 12.8. The maximum absolute atomic E-state index is 12.8. The lowest BCUT2D eigenvalue weighted by Crippen LogP contribution is -2.13. The quantitative estimate of drug-likeness (QED) is 0.247. The second kappa shape index (κ2) is 13.7. The summed E-state index contributed by atoms with van der Waals surface area (Å²) in [6.45, 7) is 6.42. The van der Waals surface area contributed by atoms with Gasteiger partial charge in [0.1, 0.15) is 12.2 Å². The minimum Gasteiger partial charge on any atom is -0.454 e. The highest BCUT2D eigenvalue weighted by Crippen LogP contribution is 2.25. The Labute approximate surface area is 188 Å². The molecule has 0 amide bonds. The molecule has 3 nitrogen and oxygen atoms in total. The molecule has 0 aliphatic rings. The number of hydrogen-bond acceptors (Lipinski definition) is 3. The highest BCUT2D eigenvalue weighted by Gasteiger charge is 2.19. The van der Waals surface area contributed by atoms with Crippen LogP contribution in [0.15, 0.2) is 42.5 Å². The van der Waals surface area contributed by atoms with Gasteiger partial charge >= 0.3 is 5.97 Å². The van der Waals surface area contributed by atoms with Crippen LogP contribution >= 0.6 is 0 Å². The number of nitriles is 1. The molecule has 0 heterocycles. The first kappa shape index (κ1) is 24.7. The van der Waals surface area contributed by atoms with Gasteiger partial charge < -0.3 is 4.74 Å². The highest BCUT2D eigenvalue weighted by molar-refractivity contribution is 5.92. The number of benzene rings is 2. The third kappa shape index (κ3) is 7.87. The number of unbranched alkanes of at least 4 members (excludes halogenated alkanes) is 5. The smallest absolute Gasteiger partial charge is 0.340 e. The molecule has 31 heavy (non-hydrogen) atoms. The molecule has 2 rings (SSSR count). The number of carbonyl (C=O) groups is 1. The van der Waals surface area contributed by atoms with E-state index in [0.29, 0.717) is 17.5 Å². The van der Waals surface area contributed by atoms with E-state index in [0.717, 1.165) is 30.4 Å². The second-order valence-corrected chi connectivity index (χ2v) is 8.30. The average Bonchev–Trinajstić information content (AvgIpc) is 2.80. The summed E-state index contributed by atoms with van der Waals surface area (Å²) in [6, 6.07) is 16.1. The van der Waals surface area contributed by atoms with Gasteiger partial charge in [0.05, 0.1) is 11.1 Å². The highest BCUT2D eigenvalue weighted by atomic mass is 16.5. The van der Waals surface area contributed by atoms with Crippen molar-refractivity contribution < 1.29 is 9.53 Å². The Hall–Kier alpha value is -2.60. The molecule has 166 valence electrons. The van der Waals surface area contributed by atoms with E-state index in [9.17, 15) is 10.1 Å². The van der Waals surface area contributed by atoms with Crippen LogP contribution in [0.3, 0.4) is 0 Å². The third-order valence-corrected chi connectivity index (χ3v) is 5.78. The topological polar surface area (TPSA) is 50.1 Å². The summed E-state index contributed by atoms with van der Waals surface area (Å²) in [6.07, 6.45) is 10.8. The van der Waals surface area contributed by atoms with E-state index >= 15 is 0 Å². The minimum atomic E-state index is -0.423. The molecule has 0 aliphatic heterocycles. The van der Waals surface area contributed by atoms with Gasteiger partial charge in [-0.05, 0) is 60.9 Å². The molecule has 0 aliphatic carbocycles. The number of carbonyl (C=O) groups excluding carboxylic acids is 1. The van der Waals surface area contributed by atoms with Gasteiger partial charge in [-0.2, -0.15) is 5.26 Å². The maximum Gasteiger partial charge on any atom is 0.340 e. The van der Waals surface area contributed by atoms with Crippen molar-refractivity contribution in [3.8, 4) is 6.07 Å². The molecular formula is C28H37NO2. The summed E-state index contributed by atoms with van der Waals surface area (Å²) in [5.41, 5.74) is 4.18. The molecule has 0 saturated heterocycles. The lowest BCUT2D eigenvalue weighted by Gasteiger charge is -2.18. The number of hydrogen-bond donors (Lipinski definition) is 0. The molecule has 1 unspecified atom stereocenters. The van der Waals surface area contributed by atoms with Gasteiger partial charge in [0.15, 0.2) is 0 Å². The summed E-state index contributed by atoms with van der Waals surface area (Å²) in [7, 11) is 0. The van der Waals surface area contributed by atoms with Crippen molar-refractivity contribution in [3.05, 3.63) is 70.3 Å². The molecule has 3 heteroatoms. The monoisotopic (exact) mass is 419 g/mol. The van der Waals surface area contributed by atoms with E-state index < -0.39 is 5.97 Å². The fourth-order valence-corrected chi connectivity index (χ4v) is 3.83. The molecule has 0 aromatic heterocycles. The molecule has 0 spiro atoms. The molecule has 0 radical (unpaired) electrons. The van der Waals surface area contributed by atoms with E-state index in [2.05, 4.69) is 44.2 Å². The first-order valence-electron chi connectivity index (χ1n) is 12.0. The lowest BCUT2D eigenvalue weighted by atomic mass is 10.00. The zero-order chi connectivity index (χ0) is 22.5. The summed E-state index contributed by atoms with van der Waals surface area (Å²) in [5.74, 6) is -0.423. The first-order valence-corrected chi connectivity index (χ1v) is 12.0. The van der Waals surface area contributed by atoms with Crippen molar-refractivity contribution in [2.45, 2.75) is 91.1 Å². The van der Waals surface area contributed by atoms with Crippen molar-refractivity contribution in [1.82, 2.24) is 0 Å². The zero-order valence-electron chi connectivity index (χ0n) is 19.5. The largest absolute Gasteiger partial charge is 0.454 e. The Morgan fingerprint density at radius 2 is 1.48 bits per heavy atom. The van der Waals surface area contributed by atoms with E-state index in [1.165, 1.54) is 44.1 Å². The molecular weight excluding hydrogens is 382 g/mol. The number of nitrogens with zero attached hydrogens (tertiary/aromatic N) is 1. The van der Waals surface area contributed by atoms with Crippen LogP contribution in [0.2, 0.25) is 0 Å². The normalized spacial score (nSPS) is 11.7. The van der Waals surface area contributed by atoms with E-state index in [1.807, 2.05) is 19.1 Å². The Morgan fingerprint density at radius 1 is 0.871 bits per heavy atom. The van der Waals surface area contributed by atoms with Crippen LogP contribution in [0.5, 0.6) is 0 Å². The van der Waals surface area contributed by atoms with Gasteiger partial charge in [0.2, 0.25) is 0 Å². The standard InChI is InChI=1S/C28H37NO2/c1-4-7-9-11-13-23-16-19-26(25(20-23)21-29)28(30)31-27(6-3)24-17-14-22(15-18-24)12-10-8-5-2/h14-20,27H,4-13H2,1-3H3.